The number of aryl methyl sites for hydroxylation is 1. The van der Waals surface area contributed by atoms with E-state index in [0.717, 1.165) is 16.5 Å². The second-order valence-electron chi connectivity index (χ2n) is 4.38. The van der Waals surface area contributed by atoms with Gasteiger partial charge in [-0.1, -0.05) is 22.9 Å². The molecule has 2 N–H and O–H groups in total. The molecule has 0 fully saturated rings. The van der Waals surface area contributed by atoms with E-state index in [1.165, 1.54) is 6.20 Å². The minimum absolute atomic E-state index is 0.123. The first-order chi connectivity index (χ1) is 9.97. The zero-order valence-corrected chi connectivity index (χ0v) is 14.1. The van der Waals surface area contributed by atoms with Gasteiger partial charge in [0.05, 0.1) is 11.4 Å². The average molecular weight is 370 g/mol. The van der Waals surface area contributed by atoms with Crippen LogP contribution >= 0.6 is 15.9 Å². The Balaban J connectivity index is 2.42. The van der Waals surface area contributed by atoms with Gasteiger partial charge in [0, 0.05) is 23.9 Å². The van der Waals surface area contributed by atoms with Gasteiger partial charge in [0.2, 0.25) is 0 Å². The number of sulfonamides is 1. The Hall–Kier alpha value is -1.60. The fourth-order valence-electron chi connectivity index (χ4n) is 1.95. The van der Waals surface area contributed by atoms with Gasteiger partial charge in [-0.25, -0.2) is 8.42 Å². The van der Waals surface area contributed by atoms with Crippen molar-refractivity contribution in [3.05, 3.63) is 46.7 Å². The second kappa shape index (κ2) is 6.44. The topological polar surface area (TPSA) is 71.1 Å². The van der Waals surface area contributed by atoms with Crippen molar-refractivity contribution in [1.29, 1.82) is 0 Å². The van der Waals surface area contributed by atoms with Gasteiger partial charge in [0.1, 0.15) is 4.90 Å². The third-order valence-electron chi connectivity index (χ3n) is 3.04. The molecule has 0 amide bonds. The molecule has 0 aliphatic rings. The van der Waals surface area contributed by atoms with Gasteiger partial charge in [-0.05, 0) is 36.2 Å². The second-order valence-corrected chi connectivity index (χ2v) is 6.95. The van der Waals surface area contributed by atoms with Crippen molar-refractivity contribution < 1.29 is 8.42 Å². The highest BCUT2D eigenvalue weighted by atomic mass is 79.9. The summed E-state index contributed by atoms with van der Waals surface area (Å²) in [5, 5.41) is 2.86. The van der Waals surface area contributed by atoms with E-state index in [4.69, 9.17) is 0 Å². The van der Waals surface area contributed by atoms with Gasteiger partial charge in [0.15, 0.2) is 0 Å². The van der Waals surface area contributed by atoms with E-state index < -0.39 is 10.0 Å². The molecule has 5 nitrogen and oxygen atoms in total. The summed E-state index contributed by atoms with van der Waals surface area (Å²) in [4.78, 5) is 4.01. The summed E-state index contributed by atoms with van der Waals surface area (Å²) >= 11 is 3.39. The monoisotopic (exact) mass is 369 g/mol. The molecular formula is C14H16BrN3O2S. The standard InChI is InChI=1S/C14H16BrN3O2S/c1-3-10-8-11(15)4-5-12(10)18-21(19,20)14-9-17-7-6-13(14)16-2/h4-9,18H,3H2,1-2H3,(H,16,17). The first-order valence-electron chi connectivity index (χ1n) is 6.41. The number of pyridine rings is 1. The predicted octanol–water partition coefficient (Wildman–Crippen LogP) is 3.25. The molecule has 0 atom stereocenters. The Labute approximate surface area is 133 Å². The van der Waals surface area contributed by atoms with Crippen molar-refractivity contribution in [2.75, 3.05) is 17.1 Å². The maximum atomic E-state index is 12.5. The molecule has 0 aliphatic heterocycles. The number of nitrogens with one attached hydrogen (secondary N) is 2. The highest BCUT2D eigenvalue weighted by Gasteiger charge is 2.19. The molecule has 0 spiro atoms. The molecule has 0 bridgehead atoms. The molecule has 7 heteroatoms. The number of rotatable bonds is 5. The van der Waals surface area contributed by atoms with E-state index >= 15 is 0 Å². The van der Waals surface area contributed by atoms with Crippen LogP contribution in [0.3, 0.4) is 0 Å². The van der Waals surface area contributed by atoms with E-state index in [-0.39, 0.29) is 4.90 Å². The van der Waals surface area contributed by atoms with Crippen molar-refractivity contribution in [2.45, 2.75) is 18.2 Å². The Morgan fingerprint density at radius 1 is 1.24 bits per heavy atom. The van der Waals surface area contributed by atoms with E-state index in [0.29, 0.717) is 11.4 Å². The summed E-state index contributed by atoms with van der Waals surface area (Å²) in [5.74, 6) is 0. The highest BCUT2D eigenvalue weighted by molar-refractivity contribution is 9.10. The van der Waals surface area contributed by atoms with Crippen LogP contribution in [0.5, 0.6) is 0 Å². The molecule has 2 aromatic rings. The highest BCUT2D eigenvalue weighted by Crippen LogP contribution is 2.26. The summed E-state index contributed by atoms with van der Waals surface area (Å²) < 4.78 is 28.6. The largest absolute Gasteiger partial charge is 0.387 e. The van der Waals surface area contributed by atoms with Crippen LogP contribution in [0.1, 0.15) is 12.5 Å². The lowest BCUT2D eigenvalue weighted by molar-refractivity contribution is 0.601. The van der Waals surface area contributed by atoms with Crippen LogP contribution < -0.4 is 10.0 Å². The van der Waals surface area contributed by atoms with Gasteiger partial charge >= 0.3 is 0 Å². The van der Waals surface area contributed by atoms with Gasteiger partial charge in [-0.2, -0.15) is 0 Å². The van der Waals surface area contributed by atoms with E-state index in [9.17, 15) is 8.42 Å². The van der Waals surface area contributed by atoms with Crippen molar-refractivity contribution in [3.8, 4) is 0 Å². The maximum absolute atomic E-state index is 12.5. The lowest BCUT2D eigenvalue weighted by atomic mass is 10.1. The fraction of sp³-hybridized carbons (Fsp3) is 0.214. The van der Waals surface area contributed by atoms with Crippen molar-refractivity contribution >= 4 is 37.3 Å². The SMILES string of the molecule is CCc1cc(Br)ccc1NS(=O)(=O)c1cnccc1NC. The predicted molar refractivity (Wildman–Crippen MR) is 88.1 cm³/mol. The van der Waals surface area contributed by atoms with Crippen molar-refractivity contribution in [3.63, 3.8) is 0 Å². The minimum atomic E-state index is -3.69. The first-order valence-corrected chi connectivity index (χ1v) is 8.68. The number of halogens is 1. The maximum Gasteiger partial charge on any atom is 0.265 e. The van der Waals surface area contributed by atoms with Crippen molar-refractivity contribution in [1.82, 2.24) is 4.98 Å². The van der Waals surface area contributed by atoms with E-state index in [1.807, 2.05) is 13.0 Å². The zero-order valence-electron chi connectivity index (χ0n) is 11.7. The Morgan fingerprint density at radius 3 is 2.67 bits per heavy atom. The van der Waals surface area contributed by atoms with Crippen LogP contribution in [-0.2, 0) is 16.4 Å². The van der Waals surface area contributed by atoms with Crippen LogP contribution in [0.25, 0.3) is 0 Å². The van der Waals surface area contributed by atoms with Gasteiger partial charge in [-0.15, -0.1) is 0 Å². The number of anilines is 2. The summed E-state index contributed by atoms with van der Waals surface area (Å²) in [7, 11) is -2.02. The molecule has 0 radical (unpaired) electrons. The lowest BCUT2D eigenvalue weighted by Crippen LogP contribution is -2.16. The Morgan fingerprint density at radius 2 is 2.00 bits per heavy atom. The van der Waals surface area contributed by atoms with Crippen LogP contribution in [-0.4, -0.2) is 20.4 Å². The van der Waals surface area contributed by atoms with Gasteiger partial charge < -0.3 is 5.32 Å². The van der Waals surface area contributed by atoms with E-state index in [2.05, 4.69) is 31.0 Å². The quantitative estimate of drug-likeness (QED) is 0.848. The average Bonchev–Trinajstić information content (AvgIpc) is 2.48. The molecule has 0 unspecified atom stereocenters. The smallest absolute Gasteiger partial charge is 0.265 e. The number of hydrogen-bond donors (Lipinski definition) is 2. The minimum Gasteiger partial charge on any atom is -0.387 e. The summed E-state index contributed by atoms with van der Waals surface area (Å²) in [6, 6.07) is 7.08. The van der Waals surface area contributed by atoms with Crippen LogP contribution in [0.2, 0.25) is 0 Å². The normalized spacial score (nSPS) is 11.2. The molecule has 112 valence electrons. The zero-order chi connectivity index (χ0) is 15.5. The van der Waals surface area contributed by atoms with Crippen molar-refractivity contribution in [2.24, 2.45) is 0 Å². The summed E-state index contributed by atoms with van der Waals surface area (Å²) in [5.41, 5.74) is 2.00. The lowest BCUT2D eigenvalue weighted by Gasteiger charge is -2.14. The van der Waals surface area contributed by atoms with Gasteiger partial charge in [-0.3, -0.25) is 9.71 Å². The Kier molecular flexibility index (Phi) is 4.84. The summed E-state index contributed by atoms with van der Waals surface area (Å²) in [6.45, 7) is 1.97. The summed E-state index contributed by atoms with van der Waals surface area (Å²) in [6.07, 6.45) is 3.60. The van der Waals surface area contributed by atoms with Gasteiger partial charge in [0.25, 0.3) is 10.0 Å². The Bertz CT molecular complexity index is 748. The number of nitrogens with zero attached hydrogens (tertiary/aromatic N) is 1. The van der Waals surface area contributed by atoms with Crippen LogP contribution in [0, 0.1) is 0 Å². The number of hydrogen-bond acceptors (Lipinski definition) is 4. The molecule has 0 aliphatic carbocycles. The van der Waals surface area contributed by atoms with Crippen LogP contribution in [0.4, 0.5) is 11.4 Å². The molecule has 1 aromatic heterocycles. The first kappa shape index (κ1) is 15.8. The third kappa shape index (κ3) is 3.54. The molecular weight excluding hydrogens is 354 g/mol. The molecule has 0 saturated heterocycles. The van der Waals surface area contributed by atoms with E-state index in [1.54, 1.807) is 31.4 Å². The third-order valence-corrected chi connectivity index (χ3v) is 4.92. The molecule has 1 heterocycles. The fourth-order valence-corrected chi connectivity index (χ4v) is 3.62. The number of aromatic nitrogens is 1. The van der Waals surface area contributed by atoms with Crippen LogP contribution in [0.15, 0.2) is 46.0 Å². The molecule has 2 rings (SSSR count). The molecule has 0 saturated carbocycles. The molecule has 21 heavy (non-hydrogen) atoms. The number of benzene rings is 1. The molecule has 1 aromatic carbocycles.